The number of rotatable bonds is 8. The van der Waals surface area contributed by atoms with Gasteiger partial charge in [0.2, 0.25) is 0 Å². The van der Waals surface area contributed by atoms with Gasteiger partial charge in [-0.05, 0) is 129 Å². The summed E-state index contributed by atoms with van der Waals surface area (Å²) in [7, 11) is 0. The lowest BCUT2D eigenvalue weighted by Gasteiger charge is -2.50. The van der Waals surface area contributed by atoms with Crippen molar-refractivity contribution < 1.29 is 19.1 Å². The highest BCUT2D eigenvalue weighted by Crippen LogP contribution is 2.57. The van der Waals surface area contributed by atoms with Gasteiger partial charge in [0.25, 0.3) is 0 Å². The highest BCUT2D eigenvalue weighted by Gasteiger charge is 2.56. The maximum Gasteiger partial charge on any atom is 0.339 e. The second-order valence-corrected chi connectivity index (χ2v) is 14.3. The van der Waals surface area contributed by atoms with Gasteiger partial charge in [-0.15, -0.1) is 0 Å². The van der Waals surface area contributed by atoms with Crippen LogP contribution < -0.4 is 10.1 Å². The predicted octanol–water partition coefficient (Wildman–Crippen LogP) is 8.51. The third kappa shape index (κ3) is 6.23. The molecule has 3 aliphatic carbocycles. The number of pyridine rings is 1. The molecule has 1 heterocycles. The van der Waals surface area contributed by atoms with E-state index in [-0.39, 0.29) is 17.3 Å². The molecule has 3 aliphatic rings. The van der Waals surface area contributed by atoms with E-state index in [4.69, 9.17) is 21.1 Å². The van der Waals surface area contributed by atoms with Crippen LogP contribution in [0, 0.1) is 18.8 Å². The topological polar surface area (TPSA) is 77.5 Å². The van der Waals surface area contributed by atoms with E-state index in [1.165, 1.54) is 41.3 Å². The van der Waals surface area contributed by atoms with Crippen molar-refractivity contribution in [2.24, 2.45) is 11.8 Å². The zero-order valence-electron chi connectivity index (χ0n) is 27.0. The minimum Gasteiger partial charge on any atom is -0.493 e. The van der Waals surface area contributed by atoms with Crippen molar-refractivity contribution >= 4 is 29.2 Å². The van der Waals surface area contributed by atoms with Gasteiger partial charge in [-0.1, -0.05) is 49.7 Å². The minimum atomic E-state index is -1.06. The van der Waals surface area contributed by atoms with Gasteiger partial charge in [0.05, 0.1) is 6.61 Å². The number of carbonyl (C=O) groups excluding carboxylic acids is 2. The van der Waals surface area contributed by atoms with Gasteiger partial charge in [0, 0.05) is 35.1 Å². The largest absolute Gasteiger partial charge is 0.493 e. The molecule has 1 spiro atoms. The van der Waals surface area contributed by atoms with Gasteiger partial charge in [0.1, 0.15) is 11.3 Å². The Balaban J connectivity index is 1.32. The number of carbonyl (C=O) groups is 2. The van der Waals surface area contributed by atoms with Crippen LogP contribution in [0.4, 0.5) is 5.69 Å². The quantitative estimate of drug-likeness (QED) is 0.199. The summed E-state index contributed by atoms with van der Waals surface area (Å²) < 4.78 is 11.9. The Morgan fingerprint density at radius 3 is 2.73 bits per heavy atom. The standard InChI is InChI=1S/C38H45ClN2O4/c1-24(23-44-34-15-19-40-33-13-6-9-26(3)35(33)34)20-28-22-38(36(43)45-27(4)42,41-30-11-7-10-29(39)21-30)18-17-37(28)16-14-31-25(2)8-5-12-32(31)37/h5,7-8,10-12,15,19,21,24,26,28,41H,6,9,13-14,16-18,20,22-23H2,1-4H3/t24-,26-,28?,37?,38?/m1/s1. The van der Waals surface area contributed by atoms with Gasteiger partial charge >= 0.3 is 11.9 Å². The smallest absolute Gasteiger partial charge is 0.339 e. The first-order chi connectivity index (χ1) is 21.6. The minimum absolute atomic E-state index is 0.0595. The maximum absolute atomic E-state index is 13.9. The summed E-state index contributed by atoms with van der Waals surface area (Å²) in [4.78, 5) is 30.6. The molecular formula is C38H45ClN2O4. The van der Waals surface area contributed by atoms with Crippen molar-refractivity contribution in [2.75, 3.05) is 11.9 Å². The van der Waals surface area contributed by atoms with Crippen molar-refractivity contribution in [2.45, 2.75) is 102 Å². The number of nitrogens with zero attached hydrogens (tertiary/aromatic N) is 1. The average Bonchev–Trinajstić information content (AvgIpc) is 3.38. The SMILES string of the molecule is CC(=O)OC(=O)C1(Nc2cccc(Cl)c2)CCC2(CCc3c(C)cccc32)C(C[C@@H](C)COc2ccnc3c2[C@H](C)CCC3)C1. The number of aromatic nitrogens is 1. The monoisotopic (exact) mass is 628 g/mol. The molecule has 0 saturated heterocycles. The molecule has 1 aromatic heterocycles. The molecule has 238 valence electrons. The van der Waals surface area contributed by atoms with Gasteiger partial charge in [-0.25, -0.2) is 4.79 Å². The van der Waals surface area contributed by atoms with Crippen LogP contribution in [0.15, 0.2) is 54.7 Å². The number of nitrogens with one attached hydrogen (secondary N) is 1. The van der Waals surface area contributed by atoms with Crippen molar-refractivity contribution in [1.29, 1.82) is 0 Å². The number of fused-ring (bicyclic) bond motifs is 3. The molecule has 0 amide bonds. The summed E-state index contributed by atoms with van der Waals surface area (Å²) in [6, 6.07) is 16.1. The Hall–Kier alpha value is -3.38. The first-order valence-corrected chi connectivity index (χ1v) is 16.9. The molecule has 6 rings (SSSR count). The molecular weight excluding hydrogens is 584 g/mol. The normalized spacial score (nSPS) is 26.1. The molecule has 0 aliphatic heterocycles. The van der Waals surface area contributed by atoms with E-state index in [9.17, 15) is 9.59 Å². The second-order valence-electron chi connectivity index (χ2n) is 13.9. The van der Waals surface area contributed by atoms with E-state index in [0.717, 1.165) is 50.0 Å². The van der Waals surface area contributed by atoms with E-state index < -0.39 is 17.5 Å². The number of hydrogen-bond donors (Lipinski definition) is 1. The van der Waals surface area contributed by atoms with E-state index in [1.807, 2.05) is 36.5 Å². The van der Waals surface area contributed by atoms with Gasteiger partial charge < -0.3 is 14.8 Å². The first-order valence-electron chi connectivity index (χ1n) is 16.6. The Bertz CT molecular complexity index is 1590. The molecule has 3 aromatic rings. The summed E-state index contributed by atoms with van der Waals surface area (Å²) in [5.74, 6) is 0.680. The van der Waals surface area contributed by atoms with Crippen LogP contribution in [-0.4, -0.2) is 29.1 Å². The van der Waals surface area contributed by atoms with Crippen molar-refractivity contribution in [3.63, 3.8) is 0 Å². The summed E-state index contributed by atoms with van der Waals surface area (Å²) in [5, 5.41) is 4.11. The van der Waals surface area contributed by atoms with Crippen LogP contribution in [0.3, 0.4) is 0 Å². The molecule has 6 nitrogen and oxygen atoms in total. The third-order valence-electron chi connectivity index (χ3n) is 10.8. The molecule has 2 aromatic carbocycles. The Labute approximate surface area is 272 Å². The van der Waals surface area contributed by atoms with Gasteiger partial charge in [-0.2, -0.15) is 0 Å². The van der Waals surface area contributed by atoms with Crippen LogP contribution in [-0.2, 0) is 32.6 Å². The maximum atomic E-state index is 13.9. The Morgan fingerprint density at radius 1 is 1.11 bits per heavy atom. The number of ether oxygens (including phenoxy) is 2. The lowest BCUT2D eigenvalue weighted by atomic mass is 9.56. The third-order valence-corrected chi connectivity index (χ3v) is 11.0. The van der Waals surface area contributed by atoms with Gasteiger partial charge in [-0.3, -0.25) is 9.78 Å². The van der Waals surface area contributed by atoms with E-state index in [0.29, 0.717) is 30.4 Å². The van der Waals surface area contributed by atoms with Crippen LogP contribution in [0.25, 0.3) is 0 Å². The number of hydrogen-bond acceptors (Lipinski definition) is 6. The fourth-order valence-corrected chi connectivity index (χ4v) is 8.80. The number of aryl methyl sites for hydroxylation is 2. The second kappa shape index (κ2) is 12.8. The predicted molar refractivity (Wildman–Crippen MR) is 178 cm³/mol. The highest BCUT2D eigenvalue weighted by molar-refractivity contribution is 6.30. The zero-order chi connectivity index (χ0) is 31.8. The summed E-state index contributed by atoms with van der Waals surface area (Å²) in [6.45, 7) is 8.61. The average molecular weight is 629 g/mol. The molecule has 0 bridgehead atoms. The van der Waals surface area contributed by atoms with Crippen LogP contribution in [0.1, 0.15) is 99.6 Å². The molecule has 1 fully saturated rings. The molecule has 45 heavy (non-hydrogen) atoms. The van der Waals surface area contributed by atoms with Crippen LogP contribution in [0.5, 0.6) is 5.75 Å². The zero-order valence-corrected chi connectivity index (χ0v) is 27.7. The van der Waals surface area contributed by atoms with Gasteiger partial charge in [0.15, 0.2) is 0 Å². The lowest BCUT2D eigenvalue weighted by Crippen LogP contribution is -2.56. The summed E-state index contributed by atoms with van der Waals surface area (Å²) in [6.07, 6.45) is 10.1. The lowest BCUT2D eigenvalue weighted by molar-refractivity contribution is -0.163. The molecule has 7 heteroatoms. The van der Waals surface area contributed by atoms with E-state index >= 15 is 0 Å². The Morgan fingerprint density at radius 2 is 1.93 bits per heavy atom. The number of anilines is 1. The number of halogens is 1. The van der Waals surface area contributed by atoms with Crippen molar-refractivity contribution in [1.82, 2.24) is 4.98 Å². The first kappa shape index (κ1) is 31.6. The highest BCUT2D eigenvalue weighted by atomic mass is 35.5. The molecule has 0 radical (unpaired) electrons. The number of esters is 2. The van der Waals surface area contributed by atoms with Crippen LogP contribution >= 0.6 is 11.6 Å². The van der Waals surface area contributed by atoms with E-state index in [1.54, 1.807) is 0 Å². The van der Waals surface area contributed by atoms with E-state index in [2.05, 4.69) is 49.3 Å². The van der Waals surface area contributed by atoms with Crippen molar-refractivity contribution in [3.8, 4) is 5.75 Å². The summed E-state index contributed by atoms with van der Waals surface area (Å²) in [5.41, 5.74) is 6.27. The summed E-state index contributed by atoms with van der Waals surface area (Å²) >= 11 is 6.35. The number of benzene rings is 2. The van der Waals surface area contributed by atoms with Crippen LogP contribution in [0.2, 0.25) is 5.02 Å². The fourth-order valence-electron chi connectivity index (χ4n) is 8.61. The molecule has 3 unspecified atom stereocenters. The Kier molecular flexibility index (Phi) is 8.98. The molecule has 5 atom stereocenters. The van der Waals surface area contributed by atoms with Crippen molar-refractivity contribution in [3.05, 3.63) is 87.7 Å². The molecule has 1 saturated carbocycles. The fraction of sp³-hybridized carbons (Fsp3) is 0.500. The molecule has 1 N–H and O–H groups in total.